The number of ether oxygens (including phenoxy) is 3. The molecular weight excluding hydrogens is 424 g/mol. The van der Waals surface area contributed by atoms with Crippen molar-refractivity contribution in [3.05, 3.63) is 59.5 Å². The molecule has 0 radical (unpaired) electrons. The van der Waals surface area contributed by atoms with Crippen LogP contribution < -0.4 is 10.5 Å². The summed E-state index contributed by atoms with van der Waals surface area (Å²) in [5.41, 5.74) is 6.44. The monoisotopic (exact) mass is 448 g/mol. The molecule has 1 heterocycles. The zero-order valence-electron chi connectivity index (χ0n) is 18.7. The number of nitrogens with zero attached hydrogens (tertiary/aromatic N) is 3. The van der Waals surface area contributed by atoms with E-state index in [-0.39, 0.29) is 17.2 Å². The molecule has 9 nitrogen and oxygen atoms in total. The van der Waals surface area contributed by atoms with Gasteiger partial charge in [-0.15, -0.1) is 0 Å². The predicted octanol–water partition coefficient (Wildman–Crippen LogP) is 3.43. The first-order chi connectivity index (χ1) is 15.7. The fraction of sp³-hybridized carbons (Fsp3) is 0.292. The Morgan fingerprint density at radius 1 is 1.09 bits per heavy atom. The maximum Gasteiger partial charge on any atom is 0.313 e. The van der Waals surface area contributed by atoms with Gasteiger partial charge in [0.25, 0.3) is 0 Å². The average molecular weight is 448 g/mol. The van der Waals surface area contributed by atoms with E-state index in [1.165, 1.54) is 13.1 Å². The molecular formula is C24H24N4O5. The molecule has 1 aromatic heterocycles. The Kier molecular flexibility index (Phi) is 7.08. The first-order valence-electron chi connectivity index (χ1n) is 10.2. The van der Waals surface area contributed by atoms with E-state index in [1.807, 2.05) is 42.5 Å². The average Bonchev–Trinajstić information content (AvgIpc) is 2.81. The minimum absolute atomic E-state index is 0.0463. The van der Waals surface area contributed by atoms with Crippen LogP contribution in [0.3, 0.4) is 0 Å². The number of nitrogen functional groups attached to an aromatic ring is 1. The lowest BCUT2D eigenvalue weighted by molar-refractivity contribution is -0.167. The minimum atomic E-state index is -1.05. The summed E-state index contributed by atoms with van der Waals surface area (Å²) in [6, 6.07) is 13.2. The summed E-state index contributed by atoms with van der Waals surface area (Å²) < 4.78 is 16.2. The molecule has 0 amide bonds. The molecule has 0 unspecified atom stereocenters. The van der Waals surface area contributed by atoms with Crippen molar-refractivity contribution in [2.75, 3.05) is 12.8 Å². The van der Waals surface area contributed by atoms with E-state index in [0.29, 0.717) is 0 Å². The van der Waals surface area contributed by atoms with Gasteiger partial charge in [-0.3, -0.25) is 9.59 Å². The first-order valence-corrected chi connectivity index (χ1v) is 10.2. The third-order valence-electron chi connectivity index (χ3n) is 5.16. The summed E-state index contributed by atoms with van der Waals surface area (Å²) in [7, 11) is 1.61. The zero-order valence-corrected chi connectivity index (χ0v) is 18.7. The maximum absolute atomic E-state index is 12.9. The second-order valence-corrected chi connectivity index (χ2v) is 7.51. The van der Waals surface area contributed by atoms with Crippen LogP contribution in [-0.2, 0) is 19.1 Å². The molecule has 0 aliphatic heterocycles. The third kappa shape index (κ3) is 5.36. The Hall–Kier alpha value is -4.19. The number of benzene rings is 2. The normalized spacial score (nSPS) is 13.4. The van der Waals surface area contributed by atoms with Crippen molar-refractivity contribution >= 4 is 28.5 Å². The van der Waals surface area contributed by atoms with E-state index < -0.39 is 30.1 Å². The van der Waals surface area contributed by atoms with E-state index >= 15 is 0 Å². The number of methoxy groups -OCH3 is 1. The molecule has 3 aromatic rings. The number of carbonyl (C=O) groups excluding carboxylic acids is 2. The smallest absolute Gasteiger partial charge is 0.313 e. The number of hydrogen-bond donors (Lipinski definition) is 1. The number of hydrogen-bond acceptors (Lipinski definition) is 9. The highest BCUT2D eigenvalue weighted by Gasteiger charge is 2.30. The van der Waals surface area contributed by atoms with Crippen molar-refractivity contribution in [3.8, 4) is 11.8 Å². The van der Waals surface area contributed by atoms with Crippen molar-refractivity contribution in [2.45, 2.75) is 38.9 Å². The Morgan fingerprint density at radius 2 is 1.79 bits per heavy atom. The van der Waals surface area contributed by atoms with Gasteiger partial charge in [-0.25, -0.2) is 9.97 Å². The van der Waals surface area contributed by atoms with Gasteiger partial charge in [0.1, 0.15) is 23.6 Å². The second-order valence-electron chi connectivity index (χ2n) is 7.51. The first kappa shape index (κ1) is 23.5. The fourth-order valence-corrected chi connectivity index (χ4v) is 3.33. The molecule has 0 spiro atoms. The van der Waals surface area contributed by atoms with Crippen LogP contribution in [0.1, 0.15) is 49.7 Å². The molecule has 0 aliphatic rings. The van der Waals surface area contributed by atoms with Crippen LogP contribution in [0, 0.1) is 11.3 Å². The fourth-order valence-electron chi connectivity index (χ4n) is 3.33. The number of esters is 2. The number of nitriles is 1. The maximum atomic E-state index is 12.9. The molecule has 2 aromatic carbocycles. The molecule has 0 bridgehead atoms. The highest BCUT2D eigenvalue weighted by molar-refractivity contribution is 5.86. The van der Waals surface area contributed by atoms with E-state index in [2.05, 4.69) is 9.97 Å². The second kappa shape index (κ2) is 9.96. The van der Waals surface area contributed by atoms with Gasteiger partial charge in [0.2, 0.25) is 0 Å². The quantitative estimate of drug-likeness (QED) is 0.539. The Labute approximate surface area is 191 Å². The number of fused-ring (bicyclic) bond motifs is 1. The standard InChI is InChI=1S/C24H24N4O5/c1-13(16-5-6-18-10-19(31-4)8-7-17(18)9-16)24(30)32-14(2)22(33-15(3)29)21-12-27-23(26)20(11-25)28-21/h5-10,12-14,22H,1-4H3,(H2,26,27)/t13-,14-,22-/m0/s1. The van der Waals surface area contributed by atoms with Crippen LogP contribution in [0.2, 0.25) is 0 Å². The van der Waals surface area contributed by atoms with E-state index in [9.17, 15) is 9.59 Å². The lowest BCUT2D eigenvalue weighted by Gasteiger charge is -2.24. The minimum Gasteiger partial charge on any atom is -0.497 e. The zero-order chi connectivity index (χ0) is 24.1. The van der Waals surface area contributed by atoms with Gasteiger partial charge >= 0.3 is 11.9 Å². The van der Waals surface area contributed by atoms with Crippen molar-refractivity contribution in [1.82, 2.24) is 9.97 Å². The van der Waals surface area contributed by atoms with Crippen LogP contribution in [0.5, 0.6) is 5.75 Å². The van der Waals surface area contributed by atoms with Crippen molar-refractivity contribution < 1.29 is 23.8 Å². The van der Waals surface area contributed by atoms with Crippen molar-refractivity contribution in [1.29, 1.82) is 5.26 Å². The SMILES string of the molecule is COc1ccc2cc([C@H](C)C(=O)O[C@@H](C)[C@H](OC(C)=O)c3cnc(N)c(C#N)n3)ccc2c1. The van der Waals surface area contributed by atoms with Gasteiger partial charge in [-0.1, -0.05) is 24.3 Å². The van der Waals surface area contributed by atoms with Gasteiger partial charge in [-0.2, -0.15) is 5.26 Å². The number of anilines is 1. The molecule has 170 valence electrons. The molecule has 9 heteroatoms. The van der Waals surface area contributed by atoms with E-state index in [4.69, 9.17) is 25.2 Å². The molecule has 33 heavy (non-hydrogen) atoms. The lowest BCUT2D eigenvalue weighted by atomic mass is 9.97. The highest BCUT2D eigenvalue weighted by atomic mass is 16.6. The summed E-state index contributed by atoms with van der Waals surface area (Å²) in [5, 5.41) is 11.1. The summed E-state index contributed by atoms with van der Waals surface area (Å²) >= 11 is 0. The number of carbonyl (C=O) groups is 2. The van der Waals surface area contributed by atoms with E-state index in [1.54, 1.807) is 21.0 Å². The van der Waals surface area contributed by atoms with Gasteiger partial charge in [-0.05, 0) is 42.3 Å². The van der Waals surface area contributed by atoms with Crippen LogP contribution in [0.15, 0.2) is 42.6 Å². The summed E-state index contributed by atoms with van der Waals surface area (Å²) in [6.07, 6.45) is -0.657. The van der Waals surface area contributed by atoms with Crippen LogP contribution >= 0.6 is 0 Å². The third-order valence-corrected chi connectivity index (χ3v) is 5.16. The summed E-state index contributed by atoms with van der Waals surface area (Å²) in [5.74, 6) is -0.980. The summed E-state index contributed by atoms with van der Waals surface area (Å²) in [6.45, 7) is 4.54. The number of aromatic nitrogens is 2. The Balaban J connectivity index is 1.81. The number of nitrogens with two attached hydrogens (primary N) is 1. The van der Waals surface area contributed by atoms with E-state index in [0.717, 1.165) is 22.1 Å². The van der Waals surface area contributed by atoms with Gasteiger partial charge < -0.3 is 19.9 Å². The topological polar surface area (TPSA) is 137 Å². The number of rotatable bonds is 7. The Morgan fingerprint density at radius 3 is 2.45 bits per heavy atom. The molecule has 0 saturated carbocycles. The highest BCUT2D eigenvalue weighted by Crippen LogP contribution is 2.28. The van der Waals surface area contributed by atoms with Gasteiger partial charge in [0.05, 0.1) is 19.2 Å². The van der Waals surface area contributed by atoms with Crippen LogP contribution in [-0.4, -0.2) is 35.1 Å². The largest absolute Gasteiger partial charge is 0.497 e. The molecule has 2 N–H and O–H groups in total. The molecule has 0 fully saturated rings. The Bertz CT molecular complexity index is 1240. The van der Waals surface area contributed by atoms with Crippen molar-refractivity contribution in [3.63, 3.8) is 0 Å². The molecule has 3 atom stereocenters. The molecule has 3 rings (SSSR count). The molecule has 0 saturated heterocycles. The molecule has 0 aliphatic carbocycles. The van der Waals surface area contributed by atoms with Crippen LogP contribution in [0.25, 0.3) is 10.8 Å². The van der Waals surface area contributed by atoms with Gasteiger partial charge in [0.15, 0.2) is 17.6 Å². The van der Waals surface area contributed by atoms with Crippen LogP contribution in [0.4, 0.5) is 5.82 Å². The van der Waals surface area contributed by atoms with Gasteiger partial charge in [0, 0.05) is 6.92 Å². The van der Waals surface area contributed by atoms with Crippen molar-refractivity contribution in [2.24, 2.45) is 0 Å². The predicted molar refractivity (Wildman–Crippen MR) is 120 cm³/mol. The summed E-state index contributed by atoms with van der Waals surface area (Å²) in [4.78, 5) is 32.6. The lowest BCUT2D eigenvalue weighted by Crippen LogP contribution is -2.29.